The van der Waals surface area contributed by atoms with Crippen LogP contribution in [0.3, 0.4) is 0 Å². The summed E-state index contributed by atoms with van der Waals surface area (Å²) in [5.41, 5.74) is 0.713. The molecule has 0 aliphatic heterocycles. The topological polar surface area (TPSA) is 56.0 Å². The molecule has 0 aliphatic rings. The van der Waals surface area contributed by atoms with Crippen LogP contribution in [0.25, 0.3) is 5.65 Å². The van der Waals surface area contributed by atoms with Crippen molar-refractivity contribution in [1.82, 2.24) is 25.0 Å². The molecule has 2 aromatic heterocycles. The van der Waals surface area contributed by atoms with Crippen LogP contribution in [0.2, 0.25) is 0 Å². The van der Waals surface area contributed by atoms with Crippen LogP contribution in [0.1, 0.15) is 0 Å². The van der Waals surface area contributed by atoms with E-state index in [0.717, 1.165) is 0 Å². The Morgan fingerprint density at radius 2 is 2.44 bits per heavy atom. The highest BCUT2D eigenvalue weighted by Crippen LogP contribution is 1.87. The number of rotatable bonds is 0. The smallest absolute Gasteiger partial charge is 0.179 e. The molecule has 0 aromatic carbocycles. The van der Waals surface area contributed by atoms with Gasteiger partial charge < -0.3 is 0 Å². The van der Waals surface area contributed by atoms with Gasteiger partial charge in [-0.2, -0.15) is 0 Å². The third-order valence-corrected chi connectivity index (χ3v) is 0.983. The second-order valence-corrected chi connectivity index (χ2v) is 1.53. The summed E-state index contributed by atoms with van der Waals surface area (Å²) in [4.78, 5) is 3.87. The Morgan fingerprint density at radius 1 is 1.44 bits per heavy atom. The normalized spacial score (nSPS) is 10.2. The molecular formula is C4H3N5. The predicted molar refractivity (Wildman–Crippen MR) is 28.6 cm³/mol. The van der Waals surface area contributed by atoms with Gasteiger partial charge in [0.2, 0.25) is 0 Å². The fraction of sp³-hybridized carbons (Fsp3) is 0. The molecule has 0 aliphatic carbocycles. The highest BCUT2D eigenvalue weighted by molar-refractivity contribution is 5.30. The van der Waals surface area contributed by atoms with Crippen LogP contribution in [0.15, 0.2) is 18.6 Å². The zero-order valence-electron chi connectivity index (χ0n) is 4.47. The van der Waals surface area contributed by atoms with Crippen LogP contribution in [-0.4, -0.2) is 25.0 Å². The summed E-state index contributed by atoms with van der Waals surface area (Å²) in [6.07, 6.45) is 3.01. The molecule has 0 saturated carbocycles. The summed E-state index contributed by atoms with van der Waals surface area (Å²) in [6.45, 7) is 0. The van der Waals surface area contributed by atoms with E-state index in [4.69, 9.17) is 0 Å². The summed E-state index contributed by atoms with van der Waals surface area (Å²) in [7, 11) is 0. The molecule has 9 heavy (non-hydrogen) atoms. The molecule has 0 spiro atoms. The van der Waals surface area contributed by atoms with E-state index in [1.165, 1.54) is 11.0 Å². The summed E-state index contributed by atoms with van der Waals surface area (Å²) < 4.78 is 1.36. The largest absolute Gasteiger partial charge is 0.213 e. The fourth-order valence-electron chi connectivity index (χ4n) is 0.602. The Kier molecular flexibility index (Phi) is 0.717. The van der Waals surface area contributed by atoms with Crippen LogP contribution in [0, 0.1) is 0 Å². The average molecular weight is 121 g/mol. The minimum absolute atomic E-state index is 0.713. The first-order valence-corrected chi connectivity index (χ1v) is 2.44. The molecular weight excluding hydrogens is 118 g/mol. The number of nitrogens with zero attached hydrogens (tertiary/aromatic N) is 5. The second-order valence-electron chi connectivity index (χ2n) is 1.53. The zero-order chi connectivity index (χ0) is 6.10. The van der Waals surface area contributed by atoms with Gasteiger partial charge in [0.05, 0.1) is 6.20 Å². The van der Waals surface area contributed by atoms with E-state index in [1.54, 1.807) is 12.3 Å². The molecule has 0 amide bonds. The zero-order valence-corrected chi connectivity index (χ0v) is 4.47. The molecule has 2 heterocycles. The quantitative estimate of drug-likeness (QED) is 0.472. The van der Waals surface area contributed by atoms with Gasteiger partial charge in [-0.3, -0.25) is 0 Å². The summed E-state index contributed by atoms with van der Waals surface area (Å²) in [5.74, 6) is 0. The predicted octanol–water partition coefficient (Wildman–Crippen LogP) is -0.481. The lowest BCUT2D eigenvalue weighted by Crippen LogP contribution is -1.94. The van der Waals surface area contributed by atoms with Crippen molar-refractivity contribution < 1.29 is 0 Å². The van der Waals surface area contributed by atoms with Gasteiger partial charge in [0.25, 0.3) is 0 Å². The summed E-state index contributed by atoms with van der Waals surface area (Å²) in [5, 5.41) is 11.0. The van der Waals surface area contributed by atoms with E-state index in [2.05, 4.69) is 20.4 Å². The van der Waals surface area contributed by atoms with Crippen LogP contribution >= 0.6 is 0 Å². The lowest BCUT2D eigenvalue weighted by molar-refractivity contribution is 0.718. The van der Waals surface area contributed by atoms with E-state index < -0.39 is 0 Å². The Labute approximate surface area is 50.3 Å². The van der Waals surface area contributed by atoms with Gasteiger partial charge >= 0.3 is 0 Å². The number of fused-ring (bicyclic) bond motifs is 1. The maximum Gasteiger partial charge on any atom is 0.179 e. The van der Waals surface area contributed by atoms with E-state index >= 15 is 0 Å². The molecule has 0 fully saturated rings. The molecule has 0 bridgehead atoms. The SMILES string of the molecule is c1cc2ncnn2nn1. The Balaban J connectivity index is 2.95. The third-order valence-electron chi connectivity index (χ3n) is 0.983. The molecule has 2 rings (SSSR count). The molecule has 44 valence electrons. The lowest BCUT2D eigenvalue weighted by Gasteiger charge is -1.81. The van der Waals surface area contributed by atoms with E-state index in [-0.39, 0.29) is 0 Å². The fourth-order valence-corrected chi connectivity index (χ4v) is 0.602. The molecule has 0 unspecified atom stereocenters. The number of hydrogen-bond donors (Lipinski definition) is 0. The molecule has 0 saturated heterocycles. The first-order valence-electron chi connectivity index (χ1n) is 2.44. The van der Waals surface area contributed by atoms with Crippen molar-refractivity contribution >= 4 is 5.65 Å². The van der Waals surface area contributed by atoms with Crippen LogP contribution < -0.4 is 0 Å². The number of aromatic nitrogens is 5. The van der Waals surface area contributed by atoms with Gasteiger partial charge in [-0.15, -0.1) is 14.8 Å². The van der Waals surface area contributed by atoms with Crippen molar-refractivity contribution in [3.05, 3.63) is 18.6 Å². The van der Waals surface area contributed by atoms with Crippen molar-refractivity contribution in [1.29, 1.82) is 0 Å². The van der Waals surface area contributed by atoms with Crippen LogP contribution in [0.4, 0.5) is 0 Å². The highest BCUT2D eigenvalue weighted by atomic mass is 15.5. The van der Waals surface area contributed by atoms with Gasteiger partial charge in [-0.1, -0.05) is 0 Å². The van der Waals surface area contributed by atoms with Crippen molar-refractivity contribution in [3.63, 3.8) is 0 Å². The molecule has 0 radical (unpaired) electrons. The maximum absolute atomic E-state index is 3.87. The standard InChI is InChI=1S/C4H3N5/c1-2-6-8-9-4(1)5-3-7-9/h1-3H. The van der Waals surface area contributed by atoms with Crippen molar-refractivity contribution in [2.45, 2.75) is 0 Å². The van der Waals surface area contributed by atoms with Gasteiger partial charge in [-0.25, -0.2) is 4.98 Å². The molecule has 2 aromatic rings. The molecule has 0 atom stereocenters. The van der Waals surface area contributed by atoms with E-state index in [9.17, 15) is 0 Å². The molecule has 5 nitrogen and oxygen atoms in total. The number of hydrogen-bond acceptors (Lipinski definition) is 4. The Morgan fingerprint density at radius 3 is 3.33 bits per heavy atom. The monoisotopic (exact) mass is 121 g/mol. The summed E-state index contributed by atoms with van der Waals surface area (Å²) >= 11 is 0. The first kappa shape index (κ1) is 4.37. The third kappa shape index (κ3) is 0.543. The van der Waals surface area contributed by atoms with Crippen molar-refractivity contribution in [2.75, 3.05) is 0 Å². The van der Waals surface area contributed by atoms with E-state index in [0.29, 0.717) is 5.65 Å². The minimum atomic E-state index is 0.713. The van der Waals surface area contributed by atoms with Crippen LogP contribution in [-0.2, 0) is 0 Å². The van der Waals surface area contributed by atoms with Gasteiger partial charge in [0, 0.05) is 6.07 Å². The van der Waals surface area contributed by atoms with Gasteiger partial charge in [0.1, 0.15) is 6.33 Å². The van der Waals surface area contributed by atoms with Gasteiger partial charge in [-0.05, 0) is 5.21 Å². The molecule has 5 heteroatoms. The molecule has 0 N–H and O–H groups in total. The van der Waals surface area contributed by atoms with Crippen molar-refractivity contribution in [3.8, 4) is 0 Å². The van der Waals surface area contributed by atoms with Crippen LogP contribution in [0.5, 0.6) is 0 Å². The van der Waals surface area contributed by atoms with Crippen molar-refractivity contribution in [2.24, 2.45) is 0 Å². The highest BCUT2D eigenvalue weighted by Gasteiger charge is 1.89. The average Bonchev–Trinajstić information content (AvgIpc) is 2.33. The van der Waals surface area contributed by atoms with E-state index in [1.807, 2.05) is 0 Å². The minimum Gasteiger partial charge on any atom is -0.213 e. The maximum atomic E-state index is 3.87. The lowest BCUT2D eigenvalue weighted by atomic mass is 10.7. The Bertz CT molecular complexity index is 283. The first-order chi connectivity index (χ1) is 4.47. The summed E-state index contributed by atoms with van der Waals surface area (Å²) in [6, 6.07) is 1.74. The second kappa shape index (κ2) is 1.48. The Hall–Kier alpha value is -1.52. The van der Waals surface area contributed by atoms with Gasteiger partial charge in [0.15, 0.2) is 5.65 Å².